The maximum absolute atomic E-state index is 5.97. The van der Waals surface area contributed by atoms with Gasteiger partial charge in [-0.25, -0.2) is 0 Å². The lowest BCUT2D eigenvalue weighted by Crippen LogP contribution is -2.22. The van der Waals surface area contributed by atoms with E-state index in [-0.39, 0.29) is 0 Å². The van der Waals surface area contributed by atoms with Crippen LogP contribution in [0.15, 0.2) is 0 Å². The van der Waals surface area contributed by atoms with E-state index in [4.69, 9.17) is 5.50 Å². The van der Waals surface area contributed by atoms with Crippen LogP contribution in [0.2, 0.25) is 0 Å². The van der Waals surface area contributed by atoms with Crippen LogP contribution < -0.4 is 5.50 Å². The Morgan fingerprint density at radius 2 is 1.22 bits per heavy atom. The molecule has 3 heteroatoms. The molecule has 1 nitrogen and oxygen atoms in total. The fourth-order valence-corrected chi connectivity index (χ4v) is 3.97. The number of nitrogens with two attached hydrogens (primary N) is 1. The van der Waals surface area contributed by atoms with E-state index in [1.165, 1.54) is 70.4 Å². The Kier molecular flexibility index (Phi) is 12.2. The quantitative estimate of drug-likeness (QED) is 0.399. The van der Waals surface area contributed by atoms with E-state index in [9.17, 15) is 0 Å². The largest absolute Gasteiger partial charge is 0.301 e. The Balaban J connectivity index is 4.51. The fraction of sp³-hybridized carbons (Fsp3) is 1.00. The van der Waals surface area contributed by atoms with Gasteiger partial charge in [0.2, 0.25) is 0 Å². The topological polar surface area (TPSA) is 26.0 Å². The van der Waals surface area contributed by atoms with Gasteiger partial charge in [0.15, 0.2) is 0 Å². The van der Waals surface area contributed by atoms with Crippen LogP contribution in [0.1, 0.15) is 85.0 Å². The lowest BCUT2D eigenvalue weighted by atomic mass is 9.72. The molecular weight excluding hydrogens is 305 g/mol. The number of unbranched alkanes of at least 4 members (excludes halogenated alkanes) is 3. The van der Waals surface area contributed by atoms with Crippen molar-refractivity contribution in [3.05, 3.63) is 0 Å². The molecule has 0 aromatic carbocycles. The summed E-state index contributed by atoms with van der Waals surface area (Å²) in [5.74, 6) is 0. The molecule has 1 atom stereocenters. The Labute approximate surface area is 124 Å². The third kappa shape index (κ3) is 8.88. The molecule has 0 bridgehead atoms. The van der Waals surface area contributed by atoms with Gasteiger partial charge in [-0.1, -0.05) is 59.3 Å². The number of halogens is 1. The summed E-state index contributed by atoms with van der Waals surface area (Å²) in [6.45, 7) is 6.53. The van der Waals surface area contributed by atoms with E-state index < -0.39 is 6.77 Å². The van der Waals surface area contributed by atoms with E-state index >= 15 is 0 Å². The molecule has 1 unspecified atom stereocenters. The van der Waals surface area contributed by atoms with Gasteiger partial charge in [0.1, 0.15) is 0 Å². The zero-order valence-corrected chi connectivity index (χ0v) is 15.2. The van der Waals surface area contributed by atoms with Gasteiger partial charge < -0.3 is 5.50 Å². The minimum absolute atomic E-state index is 0.397. The zero-order valence-electron chi connectivity index (χ0n) is 12.7. The van der Waals surface area contributed by atoms with Crippen LogP contribution in [-0.4, -0.2) is 6.16 Å². The summed E-state index contributed by atoms with van der Waals surface area (Å²) in [4.78, 5) is 0. The van der Waals surface area contributed by atoms with E-state index in [2.05, 4.69) is 36.3 Å². The van der Waals surface area contributed by atoms with Crippen molar-refractivity contribution in [2.45, 2.75) is 85.0 Å². The predicted molar refractivity (Wildman–Crippen MR) is 90.5 cm³/mol. The summed E-state index contributed by atoms with van der Waals surface area (Å²) >= 11 is 3.57. The van der Waals surface area contributed by atoms with Crippen LogP contribution in [-0.2, 0) is 0 Å². The molecule has 0 saturated heterocycles. The summed E-state index contributed by atoms with van der Waals surface area (Å²) in [5, 5.41) is 0. The highest BCUT2D eigenvalue weighted by atomic mass is 79.9. The maximum atomic E-state index is 5.97. The van der Waals surface area contributed by atoms with Crippen LogP contribution in [0.3, 0.4) is 0 Å². The van der Waals surface area contributed by atoms with Crippen molar-refractivity contribution in [2.75, 3.05) is 6.16 Å². The summed E-state index contributed by atoms with van der Waals surface area (Å²) in [5.41, 5.74) is 6.56. The zero-order chi connectivity index (χ0) is 13.9. The molecule has 0 spiro atoms. The summed E-state index contributed by atoms with van der Waals surface area (Å²) in [7, 11) is 0. The molecule has 0 aliphatic carbocycles. The van der Waals surface area contributed by atoms with Gasteiger partial charge in [-0.15, -0.1) is 0 Å². The van der Waals surface area contributed by atoms with Gasteiger partial charge in [-0.3, -0.25) is 0 Å². The van der Waals surface area contributed by atoms with Crippen LogP contribution >= 0.6 is 22.3 Å². The average Bonchev–Trinajstić information content (AvgIpc) is 2.37. The van der Waals surface area contributed by atoms with Crippen LogP contribution in [0.25, 0.3) is 0 Å². The smallest absolute Gasteiger partial charge is 0.0306 e. The van der Waals surface area contributed by atoms with E-state index in [1.807, 2.05) is 0 Å². The first-order valence-electron chi connectivity index (χ1n) is 7.78. The highest BCUT2D eigenvalue weighted by Gasteiger charge is 2.28. The lowest BCUT2D eigenvalue weighted by molar-refractivity contribution is 0.192. The highest BCUT2D eigenvalue weighted by molar-refractivity contribution is 9.39. The van der Waals surface area contributed by atoms with Gasteiger partial charge in [-0.2, -0.15) is 0 Å². The highest BCUT2D eigenvalue weighted by Crippen LogP contribution is 2.45. The second-order valence-electron chi connectivity index (χ2n) is 5.68. The van der Waals surface area contributed by atoms with Crippen molar-refractivity contribution in [1.82, 2.24) is 0 Å². The van der Waals surface area contributed by atoms with Crippen molar-refractivity contribution in [3.8, 4) is 0 Å². The molecule has 18 heavy (non-hydrogen) atoms. The lowest BCUT2D eigenvalue weighted by Gasteiger charge is -2.35. The molecule has 110 valence electrons. The molecule has 0 aliphatic heterocycles. The van der Waals surface area contributed by atoms with E-state index in [0.29, 0.717) is 5.41 Å². The monoisotopic (exact) mass is 337 g/mol. The fourth-order valence-electron chi connectivity index (χ4n) is 2.75. The molecule has 0 aliphatic rings. The Bertz CT molecular complexity index is 164. The maximum Gasteiger partial charge on any atom is 0.0306 e. The van der Waals surface area contributed by atoms with Crippen molar-refractivity contribution < 1.29 is 0 Å². The second-order valence-corrected chi connectivity index (χ2v) is 9.66. The molecule has 0 aromatic heterocycles. The number of rotatable bonds is 12. The average molecular weight is 338 g/mol. The van der Waals surface area contributed by atoms with Crippen LogP contribution in [0, 0.1) is 5.41 Å². The van der Waals surface area contributed by atoms with Gasteiger partial charge in [0, 0.05) is 6.77 Å². The summed E-state index contributed by atoms with van der Waals surface area (Å²) < 4.78 is 0. The SMILES string of the molecule is CCCCC(CCCC)(CCCC)CCP(N)Br. The Morgan fingerprint density at radius 3 is 1.50 bits per heavy atom. The van der Waals surface area contributed by atoms with E-state index in [1.54, 1.807) is 0 Å². The number of hydrogen-bond acceptors (Lipinski definition) is 1. The van der Waals surface area contributed by atoms with Crippen molar-refractivity contribution >= 4 is 22.3 Å². The minimum Gasteiger partial charge on any atom is -0.301 e. The normalized spacial score (nSPS) is 13.8. The molecule has 0 saturated carbocycles. The van der Waals surface area contributed by atoms with Crippen molar-refractivity contribution in [2.24, 2.45) is 10.9 Å². The summed E-state index contributed by atoms with van der Waals surface area (Å²) in [6, 6.07) is 0. The van der Waals surface area contributed by atoms with Gasteiger partial charge in [-0.05, 0) is 52.7 Å². The predicted octanol–water partition coefficient (Wildman–Crippen LogP) is 6.60. The third-order valence-electron chi connectivity index (χ3n) is 4.04. The van der Waals surface area contributed by atoms with Gasteiger partial charge in [0.25, 0.3) is 0 Å². The minimum atomic E-state index is -0.397. The second kappa shape index (κ2) is 11.7. The van der Waals surface area contributed by atoms with Crippen LogP contribution in [0.4, 0.5) is 0 Å². The van der Waals surface area contributed by atoms with E-state index in [0.717, 1.165) is 0 Å². The molecule has 0 amide bonds. The molecule has 0 radical (unpaired) electrons. The third-order valence-corrected chi connectivity index (χ3v) is 5.75. The van der Waals surface area contributed by atoms with Gasteiger partial charge in [0.05, 0.1) is 0 Å². The molecule has 0 rings (SSSR count). The number of hydrogen-bond donors (Lipinski definition) is 1. The first-order valence-corrected chi connectivity index (χ1v) is 11.4. The van der Waals surface area contributed by atoms with Crippen molar-refractivity contribution in [3.63, 3.8) is 0 Å². The molecule has 0 fully saturated rings. The van der Waals surface area contributed by atoms with Gasteiger partial charge >= 0.3 is 0 Å². The molecular formula is C15H33BrNP. The molecule has 2 N–H and O–H groups in total. The molecule has 0 aromatic rings. The van der Waals surface area contributed by atoms with Crippen LogP contribution in [0.5, 0.6) is 0 Å². The Hall–Kier alpha value is 0.870. The first kappa shape index (κ1) is 18.9. The first-order chi connectivity index (χ1) is 8.60. The Morgan fingerprint density at radius 1 is 0.833 bits per heavy atom. The molecule has 0 heterocycles. The van der Waals surface area contributed by atoms with Crippen molar-refractivity contribution in [1.29, 1.82) is 0 Å². The standard InChI is InChI=1S/C15H33BrNP/c1-4-7-10-15(11-8-5-2,12-9-6-3)13-14-18(16)17/h4-14,17H2,1-3H3. The summed E-state index contributed by atoms with van der Waals surface area (Å²) in [6.07, 6.45) is 14.9.